The van der Waals surface area contributed by atoms with E-state index in [2.05, 4.69) is 20.5 Å². The normalized spacial score (nSPS) is 17.1. The van der Waals surface area contributed by atoms with E-state index in [0.29, 0.717) is 22.8 Å². The lowest BCUT2D eigenvalue weighted by Crippen LogP contribution is -2.56. The summed E-state index contributed by atoms with van der Waals surface area (Å²) in [7, 11) is 0. The smallest absolute Gasteiger partial charge is 0.258 e. The first kappa shape index (κ1) is 20.7. The van der Waals surface area contributed by atoms with Crippen LogP contribution < -0.4 is 10.6 Å². The molecule has 0 radical (unpaired) electrons. The van der Waals surface area contributed by atoms with Gasteiger partial charge in [0.25, 0.3) is 5.91 Å². The monoisotopic (exact) mass is 446 g/mol. The predicted molar refractivity (Wildman–Crippen MR) is 124 cm³/mol. The predicted octanol–water partition coefficient (Wildman–Crippen LogP) is 3.98. The highest BCUT2D eigenvalue weighted by atomic mass is 35.5. The van der Waals surface area contributed by atoms with E-state index < -0.39 is 0 Å². The van der Waals surface area contributed by atoms with Gasteiger partial charge >= 0.3 is 0 Å². The Bertz CT molecular complexity index is 1160. The molecule has 1 aromatic heterocycles. The number of halogens is 1. The van der Waals surface area contributed by atoms with Crippen LogP contribution in [0.5, 0.6) is 0 Å². The zero-order chi connectivity index (χ0) is 22.1. The van der Waals surface area contributed by atoms with Crippen LogP contribution in [0.15, 0.2) is 66.9 Å². The van der Waals surface area contributed by atoms with Crippen molar-refractivity contribution in [2.24, 2.45) is 5.41 Å². The molecule has 3 aromatic rings. The van der Waals surface area contributed by atoms with Crippen LogP contribution in [0.1, 0.15) is 22.3 Å². The van der Waals surface area contributed by atoms with Crippen LogP contribution in [0.3, 0.4) is 0 Å². The Morgan fingerprint density at radius 2 is 1.91 bits per heavy atom. The number of hydrogen-bond donors (Lipinski definition) is 2. The van der Waals surface area contributed by atoms with Crippen LogP contribution in [-0.4, -0.2) is 41.3 Å². The number of likely N-dealkylation sites (tertiary alicyclic amines) is 1. The van der Waals surface area contributed by atoms with Crippen molar-refractivity contribution in [3.8, 4) is 11.1 Å². The summed E-state index contributed by atoms with van der Waals surface area (Å²) in [4.78, 5) is 31.0. The molecule has 6 nitrogen and oxygen atoms in total. The third-order valence-electron chi connectivity index (χ3n) is 6.11. The summed E-state index contributed by atoms with van der Waals surface area (Å²) in [5.74, 6) is 0.336. The highest BCUT2D eigenvalue weighted by Crippen LogP contribution is 2.37. The first-order valence-electron chi connectivity index (χ1n) is 10.6. The van der Waals surface area contributed by atoms with Crippen molar-refractivity contribution in [2.45, 2.75) is 13.0 Å². The fourth-order valence-corrected chi connectivity index (χ4v) is 4.89. The topological polar surface area (TPSA) is 74.3 Å². The van der Waals surface area contributed by atoms with Crippen LogP contribution in [0.25, 0.3) is 11.1 Å². The maximum absolute atomic E-state index is 12.8. The van der Waals surface area contributed by atoms with Gasteiger partial charge in [-0.15, -0.1) is 0 Å². The maximum atomic E-state index is 12.8. The van der Waals surface area contributed by atoms with Gasteiger partial charge in [0.1, 0.15) is 5.82 Å². The molecule has 2 amide bonds. The minimum Gasteiger partial charge on any atom is -0.355 e. The number of pyridine rings is 1. The fourth-order valence-electron chi connectivity index (χ4n) is 4.57. The van der Waals surface area contributed by atoms with E-state index in [1.165, 1.54) is 0 Å². The molecule has 2 N–H and O–H groups in total. The third-order valence-corrected chi connectivity index (χ3v) is 6.52. The van der Waals surface area contributed by atoms with Gasteiger partial charge in [-0.3, -0.25) is 14.5 Å². The molecule has 32 heavy (non-hydrogen) atoms. The van der Waals surface area contributed by atoms with Crippen LogP contribution in [-0.2, 0) is 11.3 Å². The van der Waals surface area contributed by atoms with E-state index in [-0.39, 0.29) is 17.2 Å². The highest BCUT2D eigenvalue weighted by Gasteiger charge is 2.47. The number of anilines is 1. The van der Waals surface area contributed by atoms with Crippen molar-refractivity contribution < 1.29 is 9.59 Å². The van der Waals surface area contributed by atoms with Gasteiger partial charge < -0.3 is 10.6 Å². The van der Waals surface area contributed by atoms with Crippen LogP contribution >= 0.6 is 11.6 Å². The average Bonchev–Trinajstić information content (AvgIpc) is 3.17. The number of rotatable bonds is 5. The molecule has 2 aliphatic heterocycles. The number of aromatic nitrogens is 1. The van der Waals surface area contributed by atoms with Gasteiger partial charge in [-0.05, 0) is 23.3 Å². The molecule has 0 bridgehead atoms. The van der Waals surface area contributed by atoms with Crippen molar-refractivity contribution in [1.29, 1.82) is 0 Å². The van der Waals surface area contributed by atoms with E-state index in [0.717, 1.165) is 42.9 Å². The van der Waals surface area contributed by atoms with Gasteiger partial charge in [-0.25, -0.2) is 4.98 Å². The molecule has 2 saturated heterocycles. The number of amides is 2. The van der Waals surface area contributed by atoms with Crippen LogP contribution in [0.2, 0.25) is 5.02 Å². The van der Waals surface area contributed by atoms with Gasteiger partial charge in [0.2, 0.25) is 5.91 Å². The highest BCUT2D eigenvalue weighted by molar-refractivity contribution is 6.37. The number of carbonyl (C=O) groups excluding carboxylic acids is 2. The average molecular weight is 447 g/mol. The molecule has 5 rings (SSSR count). The molecule has 0 aliphatic carbocycles. The Hall–Kier alpha value is -3.22. The number of carbonyl (C=O) groups is 2. The number of nitrogens with one attached hydrogen (secondary N) is 2. The molecular formula is C25H23ClN4O2. The molecule has 2 aliphatic rings. The Labute approximate surface area is 191 Å². The Balaban J connectivity index is 1.22. The molecule has 7 heteroatoms. The number of benzene rings is 2. The van der Waals surface area contributed by atoms with Crippen molar-refractivity contribution in [3.63, 3.8) is 0 Å². The van der Waals surface area contributed by atoms with Gasteiger partial charge in [0.15, 0.2) is 0 Å². The van der Waals surface area contributed by atoms with Gasteiger partial charge in [0.05, 0.1) is 10.6 Å². The van der Waals surface area contributed by atoms with E-state index in [4.69, 9.17) is 11.6 Å². The molecule has 2 aromatic carbocycles. The Morgan fingerprint density at radius 1 is 1.09 bits per heavy atom. The summed E-state index contributed by atoms with van der Waals surface area (Å²) in [6, 6.07) is 18.9. The van der Waals surface area contributed by atoms with E-state index in [9.17, 15) is 9.59 Å². The molecule has 0 saturated carbocycles. The summed E-state index contributed by atoms with van der Waals surface area (Å²) in [6.07, 6.45) is 2.40. The summed E-state index contributed by atoms with van der Waals surface area (Å²) in [5.41, 5.74) is 3.37. The largest absolute Gasteiger partial charge is 0.355 e. The second-order valence-corrected chi connectivity index (χ2v) is 9.02. The first-order chi connectivity index (χ1) is 15.5. The standard InChI is InChI=1S/C25H23ClN4O2/c26-23-19(18-5-2-1-3-6-18)7-4-8-20(23)24(32)29-21-10-9-17(12-27-21)13-30-15-25(16-30)11-22(31)28-14-25/h1-10,12H,11,13-16H2,(H,28,31)(H,27,29,32). The lowest BCUT2D eigenvalue weighted by molar-refractivity contribution is -0.120. The minimum atomic E-state index is -0.295. The summed E-state index contributed by atoms with van der Waals surface area (Å²) in [5, 5.41) is 6.18. The van der Waals surface area contributed by atoms with Crippen molar-refractivity contribution >= 4 is 29.2 Å². The molecule has 0 atom stereocenters. The van der Waals surface area contributed by atoms with E-state index >= 15 is 0 Å². The Morgan fingerprint density at radius 3 is 2.59 bits per heavy atom. The van der Waals surface area contributed by atoms with Crippen LogP contribution in [0.4, 0.5) is 5.82 Å². The minimum absolute atomic E-state index is 0.117. The van der Waals surface area contributed by atoms with Crippen molar-refractivity contribution in [1.82, 2.24) is 15.2 Å². The maximum Gasteiger partial charge on any atom is 0.258 e. The van der Waals surface area contributed by atoms with Gasteiger partial charge in [0, 0.05) is 49.8 Å². The van der Waals surface area contributed by atoms with Crippen molar-refractivity contribution in [2.75, 3.05) is 25.0 Å². The third kappa shape index (κ3) is 4.11. The summed E-state index contributed by atoms with van der Waals surface area (Å²) in [6.45, 7) is 3.39. The molecule has 2 fully saturated rings. The lowest BCUT2D eigenvalue weighted by Gasteiger charge is -2.47. The number of nitrogens with zero attached hydrogens (tertiary/aromatic N) is 2. The molecular weight excluding hydrogens is 424 g/mol. The summed E-state index contributed by atoms with van der Waals surface area (Å²) >= 11 is 6.56. The Kier molecular flexibility index (Phi) is 5.41. The van der Waals surface area contributed by atoms with Crippen LogP contribution in [0, 0.1) is 5.41 Å². The number of hydrogen-bond acceptors (Lipinski definition) is 4. The SMILES string of the molecule is O=C1CC2(CN1)CN(Cc1ccc(NC(=O)c3cccc(-c4ccccc4)c3Cl)nc1)C2. The van der Waals surface area contributed by atoms with E-state index in [1.54, 1.807) is 18.3 Å². The second-order valence-electron chi connectivity index (χ2n) is 8.64. The molecule has 162 valence electrons. The fraction of sp³-hybridized carbons (Fsp3) is 0.240. The van der Waals surface area contributed by atoms with Gasteiger partial charge in [-0.1, -0.05) is 60.1 Å². The molecule has 1 spiro atoms. The first-order valence-corrected chi connectivity index (χ1v) is 11.0. The second kappa shape index (κ2) is 8.37. The zero-order valence-electron chi connectivity index (χ0n) is 17.5. The summed E-state index contributed by atoms with van der Waals surface area (Å²) < 4.78 is 0. The lowest BCUT2D eigenvalue weighted by atomic mass is 9.79. The molecule has 3 heterocycles. The molecule has 0 unspecified atom stereocenters. The zero-order valence-corrected chi connectivity index (χ0v) is 18.2. The quantitative estimate of drug-likeness (QED) is 0.621. The van der Waals surface area contributed by atoms with Crippen molar-refractivity contribution in [3.05, 3.63) is 83.0 Å². The van der Waals surface area contributed by atoms with Gasteiger partial charge in [-0.2, -0.15) is 0 Å². The van der Waals surface area contributed by atoms with E-state index in [1.807, 2.05) is 48.5 Å².